The smallest absolute Gasteiger partial charge is 0.241 e. The van der Waals surface area contributed by atoms with Crippen LogP contribution in [-0.2, 0) is 4.79 Å². The number of likely N-dealkylation sites (N-methyl/N-ethyl adjacent to an activating group) is 1. The molecule has 1 aliphatic heterocycles. The lowest BCUT2D eigenvalue weighted by molar-refractivity contribution is -0.130. The van der Waals surface area contributed by atoms with E-state index in [1.54, 1.807) is 11.3 Å². The van der Waals surface area contributed by atoms with E-state index < -0.39 is 0 Å². The van der Waals surface area contributed by atoms with Crippen LogP contribution in [0.3, 0.4) is 0 Å². The first-order chi connectivity index (χ1) is 9.49. The molecule has 0 aliphatic carbocycles. The molecule has 0 spiro atoms. The molecule has 2 unspecified atom stereocenters. The van der Waals surface area contributed by atoms with E-state index in [1.807, 2.05) is 19.0 Å². The number of hydrogen-bond donors (Lipinski definition) is 1. The lowest BCUT2D eigenvalue weighted by Crippen LogP contribution is -2.36. The number of amides is 1. The number of nitrogens with zero attached hydrogens (tertiary/aromatic N) is 2. The Hall–Kier alpha value is -0.910. The Morgan fingerprint density at radius 1 is 1.45 bits per heavy atom. The highest BCUT2D eigenvalue weighted by Crippen LogP contribution is 2.28. The van der Waals surface area contributed by atoms with Gasteiger partial charge in [0.05, 0.1) is 6.04 Å². The van der Waals surface area contributed by atoms with Crippen molar-refractivity contribution in [1.82, 2.24) is 15.1 Å². The minimum Gasteiger partial charge on any atom is -0.320 e. The van der Waals surface area contributed by atoms with Crippen molar-refractivity contribution in [2.75, 3.05) is 27.2 Å². The predicted molar refractivity (Wildman–Crippen MR) is 83.7 cm³/mol. The van der Waals surface area contributed by atoms with Crippen LogP contribution in [0.4, 0.5) is 0 Å². The van der Waals surface area contributed by atoms with E-state index in [9.17, 15) is 4.79 Å². The molecule has 5 heteroatoms. The van der Waals surface area contributed by atoms with E-state index in [-0.39, 0.29) is 18.1 Å². The zero-order valence-corrected chi connectivity index (χ0v) is 13.6. The Balaban J connectivity index is 2.12. The second-order valence-corrected chi connectivity index (χ2v) is 6.92. The van der Waals surface area contributed by atoms with Crippen LogP contribution in [0, 0.1) is 5.92 Å². The summed E-state index contributed by atoms with van der Waals surface area (Å²) in [5.74, 6) is 0.769. The molecule has 1 amide bonds. The average molecular weight is 295 g/mol. The molecule has 0 saturated carbocycles. The quantitative estimate of drug-likeness (QED) is 0.873. The molecule has 1 aromatic rings. The molecule has 1 saturated heterocycles. The van der Waals surface area contributed by atoms with Crippen molar-refractivity contribution in [3.05, 3.63) is 22.4 Å². The normalized spacial score (nSPS) is 23.3. The Morgan fingerprint density at radius 2 is 2.20 bits per heavy atom. The van der Waals surface area contributed by atoms with Gasteiger partial charge in [-0.05, 0) is 48.8 Å². The van der Waals surface area contributed by atoms with Crippen LogP contribution in [-0.4, -0.2) is 48.9 Å². The second-order valence-electron chi connectivity index (χ2n) is 6.14. The zero-order chi connectivity index (χ0) is 14.7. The zero-order valence-electron chi connectivity index (χ0n) is 12.8. The van der Waals surface area contributed by atoms with Crippen molar-refractivity contribution in [3.8, 4) is 0 Å². The fraction of sp³-hybridized carbons (Fsp3) is 0.667. The second kappa shape index (κ2) is 6.70. The Labute approximate surface area is 125 Å². The van der Waals surface area contributed by atoms with Gasteiger partial charge in [-0.25, -0.2) is 0 Å². The number of nitrogens with one attached hydrogen (secondary N) is 1. The monoisotopic (exact) mass is 295 g/mol. The van der Waals surface area contributed by atoms with Crippen molar-refractivity contribution in [3.63, 3.8) is 0 Å². The van der Waals surface area contributed by atoms with Gasteiger partial charge in [0, 0.05) is 13.1 Å². The van der Waals surface area contributed by atoms with Crippen molar-refractivity contribution in [2.24, 2.45) is 5.92 Å². The summed E-state index contributed by atoms with van der Waals surface area (Å²) in [6.45, 7) is 5.99. The lowest BCUT2D eigenvalue weighted by Gasteiger charge is -2.25. The molecule has 2 atom stereocenters. The van der Waals surface area contributed by atoms with Crippen molar-refractivity contribution in [2.45, 2.75) is 32.5 Å². The standard InChI is InChI=1S/C15H25N3OS/c1-11(2)9-13-15(19)18(7-6-17(3)4)14(16-13)12-5-8-20-10-12/h5,8,10-11,13-14,16H,6-7,9H2,1-4H3. The van der Waals surface area contributed by atoms with E-state index in [1.165, 1.54) is 5.56 Å². The van der Waals surface area contributed by atoms with Crippen LogP contribution in [0.5, 0.6) is 0 Å². The summed E-state index contributed by atoms with van der Waals surface area (Å²) in [7, 11) is 4.08. The first-order valence-electron chi connectivity index (χ1n) is 7.22. The maximum absolute atomic E-state index is 12.6. The van der Waals surface area contributed by atoms with Crippen molar-refractivity contribution < 1.29 is 4.79 Å². The molecule has 112 valence electrons. The average Bonchev–Trinajstić information content (AvgIpc) is 2.96. The number of rotatable bonds is 6. The molecule has 0 aromatic carbocycles. The minimum atomic E-state index is -0.0398. The maximum Gasteiger partial charge on any atom is 0.241 e. The summed E-state index contributed by atoms with van der Waals surface area (Å²) < 4.78 is 0. The fourth-order valence-electron chi connectivity index (χ4n) is 2.57. The Morgan fingerprint density at radius 3 is 2.75 bits per heavy atom. The van der Waals surface area contributed by atoms with Gasteiger partial charge >= 0.3 is 0 Å². The number of carbonyl (C=O) groups excluding carboxylic acids is 1. The van der Waals surface area contributed by atoms with Gasteiger partial charge in [0.2, 0.25) is 5.91 Å². The van der Waals surface area contributed by atoms with Crippen LogP contribution in [0.25, 0.3) is 0 Å². The summed E-state index contributed by atoms with van der Waals surface area (Å²) in [5, 5.41) is 7.71. The molecule has 1 fully saturated rings. The van der Waals surface area contributed by atoms with Gasteiger partial charge in [-0.15, -0.1) is 0 Å². The summed E-state index contributed by atoms with van der Waals surface area (Å²) in [4.78, 5) is 16.7. The highest BCUT2D eigenvalue weighted by Gasteiger charge is 2.39. The SMILES string of the molecule is CC(C)CC1NC(c2ccsc2)N(CCN(C)C)C1=O. The third-order valence-electron chi connectivity index (χ3n) is 3.61. The molecule has 1 aliphatic rings. The number of carbonyl (C=O) groups is 1. The van der Waals surface area contributed by atoms with E-state index >= 15 is 0 Å². The van der Waals surface area contributed by atoms with Gasteiger partial charge in [-0.3, -0.25) is 10.1 Å². The molecular formula is C15H25N3OS. The van der Waals surface area contributed by atoms with E-state index in [4.69, 9.17) is 0 Å². The van der Waals surface area contributed by atoms with Gasteiger partial charge in [0.25, 0.3) is 0 Å². The van der Waals surface area contributed by atoms with E-state index in [0.717, 1.165) is 19.5 Å². The highest BCUT2D eigenvalue weighted by molar-refractivity contribution is 7.07. The van der Waals surface area contributed by atoms with E-state index in [0.29, 0.717) is 5.92 Å². The molecule has 2 heterocycles. The van der Waals surface area contributed by atoms with Crippen molar-refractivity contribution in [1.29, 1.82) is 0 Å². The number of hydrogen-bond acceptors (Lipinski definition) is 4. The van der Waals surface area contributed by atoms with Crippen LogP contribution in [0.2, 0.25) is 0 Å². The molecule has 0 radical (unpaired) electrons. The molecule has 2 rings (SSSR count). The molecule has 1 N–H and O–H groups in total. The summed E-state index contributed by atoms with van der Waals surface area (Å²) >= 11 is 1.68. The molecule has 4 nitrogen and oxygen atoms in total. The van der Waals surface area contributed by atoms with Gasteiger partial charge < -0.3 is 9.80 Å². The summed E-state index contributed by atoms with van der Waals surface area (Å²) in [6, 6.07) is 2.07. The third kappa shape index (κ3) is 3.59. The Kier molecular flexibility index (Phi) is 5.18. The first-order valence-corrected chi connectivity index (χ1v) is 8.16. The molecular weight excluding hydrogens is 270 g/mol. The van der Waals surface area contributed by atoms with Gasteiger partial charge in [-0.1, -0.05) is 13.8 Å². The number of thiophene rings is 1. The van der Waals surface area contributed by atoms with Gasteiger partial charge in [0.15, 0.2) is 0 Å². The molecule has 20 heavy (non-hydrogen) atoms. The highest BCUT2D eigenvalue weighted by atomic mass is 32.1. The molecule has 1 aromatic heterocycles. The maximum atomic E-state index is 12.6. The van der Waals surface area contributed by atoms with E-state index in [2.05, 4.69) is 40.9 Å². The van der Waals surface area contributed by atoms with Crippen LogP contribution >= 0.6 is 11.3 Å². The summed E-state index contributed by atoms with van der Waals surface area (Å²) in [5.41, 5.74) is 1.20. The third-order valence-corrected chi connectivity index (χ3v) is 4.31. The van der Waals surface area contributed by atoms with Crippen LogP contribution in [0.1, 0.15) is 32.0 Å². The first kappa shape index (κ1) is 15.5. The van der Waals surface area contributed by atoms with Crippen LogP contribution in [0.15, 0.2) is 16.8 Å². The Bertz CT molecular complexity index is 430. The van der Waals surface area contributed by atoms with Crippen LogP contribution < -0.4 is 5.32 Å². The lowest BCUT2D eigenvalue weighted by atomic mass is 10.0. The fourth-order valence-corrected chi connectivity index (χ4v) is 3.25. The molecule has 0 bridgehead atoms. The topological polar surface area (TPSA) is 35.6 Å². The van der Waals surface area contributed by atoms with Crippen molar-refractivity contribution >= 4 is 17.2 Å². The predicted octanol–water partition coefficient (Wildman–Crippen LogP) is 2.15. The minimum absolute atomic E-state index is 0.0393. The summed E-state index contributed by atoms with van der Waals surface area (Å²) in [6.07, 6.45) is 0.940. The largest absolute Gasteiger partial charge is 0.320 e. The van der Waals surface area contributed by atoms with Gasteiger partial charge in [-0.2, -0.15) is 11.3 Å². The van der Waals surface area contributed by atoms with Gasteiger partial charge in [0.1, 0.15) is 6.17 Å².